The molecule has 0 aliphatic heterocycles. The average molecular weight is 360 g/mol. The number of halogens is 5. The summed E-state index contributed by atoms with van der Waals surface area (Å²) in [6, 6.07) is 3.52. The van der Waals surface area contributed by atoms with Crippen molar-refractivity contribution < 1.29 is 18.0 Å². The molecule has 19 heavy (non-hydrogen) atoms. The minimum Gasteiger partial charge on any atom is -0.324 e. The molecular formula is C11H11BrClF3N2O. The first-order valence-electron chi connectivity index (χ1n) is 5.19. The molecule has 2 rings (SSSR count). The summed E-state index contributed by atoms with van der Waals surface area (Å²) in [5.41, 5.74) is 4.00. The number of rotatable bonds is 2. The lowest BCUT2D eigenvalue weighted by molar-refractivity contribution is -0.138. The third-order valence-electron chi connectivity index (χ3n) is 2.77. The van der Waals surface area contributed by atoms with Crippen LogP contribution in [0.25, 0.3) is 0 Å². The predicted molar refractivity (Wildman–Crippen MR) is 71.2 cm³/mol. The lowest BCUT2D eigenvalue weighted by Gasteiger charge is -2.13. The van der Waals surface area contributed by atoms with Crippen LogP contribution in [0, 0.1) is 0 Å². The topological polar surface area (TPSA) is 55.1 Å². The van der Waals surface area contributed by atoms with E-state index in [-0.39, 0.29) is 22.6 Å². The van der Waals surface area contributed by atoms with Crippen molar-refractivity contribution in [3.8, 4) is 0 Å². The van der Waals surface area contributed by atoms with Crippen molar-refractivity contribution in [3.63, 3.8) is 0 Å². The SMILES string of the molecule is Cl.NC1(C(=O)Nc2ccc(Br)c(C(F)(F)F)c2)CC1. The molecule has 0 spiro atoms. The third-order valence-corrected chi connectivity index (χ3v) is 3.46. The Morgan fingerprint density at radius 3 is 2.42 bits per heavy atom. The number of benzene rings is 1. The van der Waals surface area contributed by atoms with Gasteiger partial charge in [-0.2, -0.15) is 13.2 Å². The van der Waals surface area contributed by atoms with E-state index in [0.717, 1.165) is 6.07 Å². The van der Waals surface area contributed by atoms with E-state index in [9.17, 15) is 18.0 Å². The molecule has 0 saturated heterocycles. The zero-order valence-corrected chi connectivity index (χ0v) is 12.0. The van der Waals surface area contributed by atoms with Crippen molar-refractivity contribution in [2.45, 2.75) is 24.6 Å². The van der Waals surface area contributed by atoms with Gasteiger partial charge in [0.2, 0.25) is 5.91 Å². The highest BCUT2D eigenvalue weighted by molar-refractivity contribution is 9.10. The van der Waals surface area contributed by atoms with Crippen LogP contribution >= 0.6 is 28.3 Å². The van der Waals surface area contributed by atoms with Crippen molar-refractivity contribution in [1.29, 1.82) is 0 Å². The molecule has 0 unspecified atom stereocenters. The van der Waals surface area contributed by atoms with Gasteiger partial charge >= 0.3 is 6.18 Å². The number of nitrogens with two attached hydrogens (primary N) is 1. The molecule has 1 saturated carbocycles. The van der Waals surface area contributed by atoms with Crippen LogP contribution in [0.4, 0.5) is 18.9 Å². The zero-order chi connectivity index (χ0) is 13.6. The third kappa shape index (κ3) is 3.61. The van der Waals surface area contributed by atoms with Gasteiger partial charge in [-0.25, -0.2) is 0 Å². The Bertz CT molecular complexity index is 503. The van der Waals surface area contributed by atoms with Gasteiger partial charge in [-0.05, 0) is 31.0 Å². The van der Waals surface area contributed by atoms with E-state index >= 15 is 0 Å². The van der Waals surface area contributed by atoms with Crippen LogP contribution < -0.4 is 11.1 Å². The molecule has 1 aromatic rings. The molecule has 3 nitrogen and oxygen atoms in total. The number of hydrogen-bond acceptors (Lipinski definition) is 2. The van der Waals surface area contributed by atoms with Crippen molar-refractivity contribution in [2.75, 3.05) is 5.32 Å². The maximum atomic E-state index is 12.6. The van der Waals surface area contributed by atoms with E-state index in [2.05, 4.69) is 21.2 Å². The van der Waals surface area contributed by atoms with E-state index in [1.165, 1.54) is 12.1 Å². The van der Waals surface area contributed by atoms with Crippen LogP contribution in [0.5, 0.6) is 0 Å². The number of anilines is 1. The van der Waals surface area contributed by atoms with Crippen molar-refractivity contribution in [2.24, 2.45) is 5.73 Å². The fourth-order valence-corrected chi connectivity index (χ4v) is 1.91. The zero-order valence-electron chi connectivity index (χ0n) is 9.55. The molecule has 1 amide bonds. The Hall–Kier alpha value is -0.790. The van der Waals surface area contributed by atoms with E-state index in [0.29, 0.717) is 12.8 Å². The quantitative estimate of drug-likeness (QED) is 0.851. The summed E-state index contributed by atoms with van der Waals surface area (Å²) in [6.07, 6.45) is -3.36. The molecule has 1 aliphatic carbocycles. The summed E-state index contributed by atoms with van der Waals surface area (Å²) >= 11 is 2.83. The molecule has 0 aromatic heterocycles. The summed E-state index contributed by atoms with van der Waals surface area (Å²) in [6.45, 7) is 0. The number of amides is 1. The largest absolute Gasteiger partial charge is 0.417 e. The standard InChI is InChI=1S/C11H10BrF3N2O.ClH/c12-8-2-1-6(5-7(8)11(13,14)15)17-9(18)10(16)3-4-10;/h1-2,5H,3-4,16H2,(H,17,18);1H. The lowest BCUT2D eigenvalue weighted by atomic mass is 10.2. The lowest BCUT2D eigenvalue weighted by Crippen LogP contribution is -2.37. The molecule has 8 heteroatoms. The van der Waals surface area contributed by atoms with E-state index in [1.807, 2.05) is 0 Å². The van der Waals surface area contributed by atoms with Gasteiger partial charge in [0, 0.05) is 10.2 Å². The predicted octanol–water partition coefficient (Wildman–Crippen LogP) is 3.32. The van der Waals surface area contributed by atoms with Gasteiger partial charge < -0.3 is 11.1 Å². The van der Waals surface area contributed by atoms with Crippen LogP contribution in [0.1, 0.15) is 18.4 Å². The first kappa shape index (κ1) is 16.3. The number of carbonyl (C=O) groups is 1. The first-order chi connectivity index (χ1) is 8.22. The number of alkyl halides is 3. The molecule has 0 heterocycles. The first-order valence-corrected chi connectivity index (χ1v) is 5.99. The fraction of sp³-hybridized carbons (Fsp3) is 0.364. The Kier molecular flexibility index (Phi) is 4.54. The molecule has 106 valence electrons. The molecule has 0 bridgehead atoms. The summed E-state index contributed by atoms with van der Waals surface area (Å²) in [7, 11) is 0. The van der Waals surface area contributed by atoms with Gasteiger partial charge in [0.25, 0.3) is 0 Å². The van der Waals surface area contributed by atoms with E-state index < -0.39 is 23.2 Å². The van der Waals surface area contributed by atoms with E-state index in [4.69, 9.17) is 5.73 Å². The van der Waals surface area contributed by atoms with Gasteiger partial charge in [0.15, 0.2) is 0 Å². The molecule has 0 atom stereocenters. The monoisotopic (exact) mass is 358 g/mol. The van der Waals surface area contributed by atoms with Gasteiger partial charge in [-0.1, -0.05) is 15.9 Å². The highest BCUT2D eigenvalue weighted by atomic mass is 79.9. The second-order valence-corrected chi connectivity index (χ2v) is 5.16. The molecule has 1 fully saturated rings. The molecule has 1 aliphatic rings. The van der Waals surface area contributed by atoms with Crippen LogP contribution in [-0.2, 0) is 11.0 Å². The molecular weight excluding hydrogens is 348 g/mol. The number of nitrogens with one attached hydrogen (secondary N) is 1. The molecule has 3 N–H and O–H groups in total. The normalized spacial score (nSPS) is 16.5. The number of hydrogen-bond donors (Lipinski definition) is 2. The maximum Gasteiger partial charge on any atom is 0.417 e. The Balaban J connectivity index is 0.00000180. The average Bonchev–Trinajstić information content (AvgIpc) is 2.99. The Morgan fingerprint density at radius 1 is 1.37 bits per heavy atom. The van der Waals surface area contributed by atoms with Gasteiger partial charge in [0.05, 0.1) is 11.1 Å². The second kappa shape index (κ2) is 5.30. The van der Waals surface area contributed by atoms with E-state index in [1.54, 1.807) is 0 Å². The minimum absolute atomic E-state index is 0. The van der Waals surface area contributed by atoms with Crippen molar-refractivity contribution in [1.82, 2.24) is 0 Å². The van der Waals surface area contributed by atoms with Gasteiger partial charge in [-0.15, -0.1) is 12.4 Å². The fourth-order valence-electron chi connectivity index (χ4n) is 1.44. The van der Waals surface area contributed by atoms with Crippen LogP contribution in [0.2, 0.25) is 0 Å². The summed E-state index contributed by atoms with van der Waals surface area (Å²) in [5, 5.41) is 2.40. The van der Waals surface area contributed by atoms with Gasteiger partial charge in [-0.3, -0.25) is 4.79 Å². The molecule has 0 radical (unpaired) electrons. The Labute approximate surface area is 122 Å². The second-order valence-electron chi connectivity index (χ2n) is 4.30. The highest BCUT2D eigenvalue weighted by Crippen LogP contribution is 2.37. The summed E-state index contributed by atoms with van der Waals surface area (Å²) in [4.78, 5) is 11.6. The van der Waals surface area contributed by atoms with Crippen LogP contribution in [-0.4, -0.2) is 11.4 Å². The smallest absolute Gasteiger partial charge is 0.324 e. The number of carbonyl (C=O) groups excluding carboxylic acids is 1. The summed E-state index contributed by atoms with van der Waals surface area (Å²) in [5.74, 6) is -0.446. The highest BCUT2D eigenvalue weighted by Gasteiger charge is 2.46. The van der Waals surface area contributed by atoms with Gasteiger partial charge in [0.1, 0.15) is 0 Å². The van der Waals surface area contributed by atoms with Crippen LogP contribution in [0.3, 0.4) is 0 Å². The van der Waals surface area contributed by atoms with Crippen LogP contribution in [0.15, 0.2) is 22.7 Å². The van der Waals surface area contributed by atoms with Crippen molar-refractivity contribution >= 4 is 39.9 Å². The van der Waals surface area contributed by atoms with Crippen molar-refractivity contribution in [3.05, 3.63) is 28.2 Å². The summed E-state index contributed by atoms with van der Waals surface area (Å²) < 4.78 is 37.9. The Morgan fingerprint density at radius 2 is 1.95 bits per heavy atom. The minimum atomic E-state index is -4.47. The maximum absolute atomic E-state index is 12.6. The molecule has 1 aromatic carbocycles.